The Hall–Kier alpha value is -2.34. The molecule has 5 N–H and O–H groups in total. The third-order valence-corrected chi connectivity index (χ3v) is 2.66. The Kier molecular flexibility index (Phi) is 4.52. The van der Waals surface area contributed by atoms with Gasteiger partial charge in [0.15, 0.2) is 0 Å². The zero-order valence-electron chi connectivity index (χ0n) is 10.5. The predicted octanol–water partition coefficient (Wildman–Crippen LogP) is 1.23. The second-order valence-corrected chi connectivity index (χ2v) is 4.11. The third kappa shape index (κ3) is 4.11. The second-order valence-electron chi connectivity index (χ2n) is 4.11. The maximum absolute atomic E-state index is 11.7. The van der Waals surface area contributed by atoms with Crippen LogP contribution in [0.4, 0.5) is 10.5 Å². The molecule has 6 nitrogen and oxygen atoms in total. The van der Waals surface area contributed by atoms with E-state index in [9.17, 15) is 4.79 Å². The SMILES string of the molecule is NCc1cccc(NC(=O)NCCc2cnc[nH]2)c1. The minimum Gasteiger partial charge on any atom is -0.348 e. The summed E-state index contributed by atoms with van der Waals surface area (Å²) >= 11 is 0. The van der Waals surface area contributed by atoms with Gasteiger partial charge in [0.1, 0.15) is 0 Å². The minimum atomic E-state index is -0.228. The average Bonchev–Trinajstić information content (AvgIpc) is 2.92. The number of amides is 2. The highest BCUT2D eigenvalue weighted by atomic mass is 16.2. The molecule has 1 aromatic carbocycles. The molecule has 0 aliphatic carbocycles. The van der Waals surface area contributed by atoms with Gasteiger partial charge in [-0.15, -0.1) is 0 Å². The number of benzene rings is 1. The smallest absolute Gasteiger partial charge is 0.319 e. The number of H-pyrrole nitrogens is 1. The molecule has 2 amide bonds. The highest BCUT2D eigenvalue weighted by molar-refractivity contribution is 5.89. The zero-order valence-corrected chi connectivity index (χ0v) is 10.5. The van der Waals surface area contributed by atoms with E-state index in [0.717, 1.165) is 23.4 Å². The van der Waals surface area contributed by atoms with Crippen molar-refractivity contribution in [3.63, 3.8) is 0 Å². The lowest BCUT2D eigenvalue weighted by atomic mass is 10.2. The summed E-state index contributed by atoms with van der Waals surface area (Å²) in [7, 11) is 0. The van der Waals surface area contributed by atoms with Crippen LogP contribution in [0.5, 0.6) is 0 Å². The number of aromatic amines is 1. The maximum Gasteiger partial charge on any atom is 0.319 e. The molecule has 0 saturated carbocycles. The molecule has 100 valence electrons. The van der Waals surface area contributed by atoms with Gasteiger partial charge in [-0.2, -0.15) is 0 Å². The number of nitrogens with two attached hydrogens (primary N) is 1. The van der Waals surface area contributed by atoms with E-state index in [-0.39, 0.29) is 6.03 Å². The number of carbonyl (C=O) groups excluding carboxylic acids is 1. The fourth-order valence-corrected chi connectivity index (χ4v) is 1.68. The van der Waals surface area contributed by atoms with Crippen molar-refractivity contribution >= 4 is 11.7 Å². The summed E-state index contributed by atoms with van der Waals surface area (Å²) in [6.07, 6.45) is 4.08. The van der Waals surface area contributed by atoms with Crippen molar-refractivity contribution in [3.05, 3.63) is 48.0 Å². The number of anilines is 1. The predicted molar refractivity (Wildman–Crippen MR) is 73.6 cm³/mol. The summed E-state index contributed by atoms with van der Waals surface area (Å²) in [4.78, 5) is 18.6. The number of hydrogen-bond donors (Lipinski definition) is 4. The lowest BCUT2D eigenvalue weighted by Gasteiger charge is -2.08. The molecule has 2 aromatic rings. The van der Waals surface area contributed by atoms with Crippen molar-refractivity contribution in [2.45, 2.75) is 13.0 Å². The van der Waals surface area contributed by atoms with E-state index in [1.165, 1.54) is 0 Å². The molecule has 0 bridgehead atoms. The maximum atomic E-state index is 11.7. The van der Waals surface area contributed by atoms with Gasteiger partial charge in [-0.3, -0.25) is 0 Å². The van der Waals surface area contributed by atoms with E-state index in [2.05, 4.69) is 20.6 Å². The molecule has 0 unspecified atom stereocenters. The summed E-state index contributed by atoms with van der Waals surface area (Å²) in [5.74, 6) is 0. The first-order valence-electron chi connectivity index (χ1n) is 6.09. The van der Waals surface area contributed by atoms with Gasteiger partial charge in [-0.1, -0.05) is 12.1 Å². The number of nitrogens with one attached hydrogen (secondary N) is 3. The van der Waals surface area contributed by atoms with E-state index in [0.29, 0.717) is 13.1 Å². The fourth-order valence-electron chi connectivity index (χ4n) is 1.68. The second kappa shape index (κ2) is 6.55. The highest BCUT2D eigenvalue weighted by Crippen LogP contribution is 2.09. The van der Waals surface area contributed by atoms with Crippen molar-refractivity contribution in [3.8, 4) is 0 Å². The number of hydrogen-bond acceptors (Lipinski definition) is 3. The summed E-state index contributed by atoms with van der Waals surface area (Å²) in [5.41, 5.74) is 8.26. The van der Waals surface area contributed by atoms with Crippen LogP contribution in [0.2, 0.25) is 0 Å². The number of rotatable bonds is 5. The van der Waals surface area contributed by atoms with Crippen LogP contribution >= 0.6 is 0 Å². The molecule has 1 heterocycles. The molecule has 0 spiro atoms. The van der Waals surface area contributed by atoms with Crippen LogP contribution in [0.25, 0.3) is 0 Å². The van der Waals surface area contributed by atoms with Crippen LogP contribution in [0.15, 0.2) is 36.8 Å². The molecule has 1 aromatic heterocycles. The van der Waals surface area contributed by atoms with Crippen LogP contribution in [0, 0.1) is 0 Å². The molecular weight excluding hydrogens is 242 g/mol. The molecule has 0 aliphatic rings. The Labute approximate surface area is 111 Å². The molecule has 2 rings (SSSR count). The first-order valence-corrected chi connectivity index (χ1v) is 6.09. The van der Waals surface area contributed by atoms with Crippen LogP contribution in [-0.2, 0) is 13.0 Å². The molecule has 0 atom stereocenters. The molecule has 19 heavy (non-hydrogen) atoms. The number of nitrogens with zero attached hydrogens (tertiary/aromatic N) is 1. The van der Waals surface area contributed by atoms with Gasteiger partial charge >= 0.3 is 6.03 Å². The monoisotopic (exact) mass is 259 g/mol. The highest BCUT2D eigenvalue weighted by Gasteiger charge is 2.02. The number of aromatic nitrogens is 2. The Morgan fingerprint density at radius 2 is 2.32 bits per heavy atom. The first-order chi connectivity index (χ1) is 9.28. The standard InChI is InChI=1S/C13H17N5O/c14-7-10-2-1-3-11(6-10)18-13(19)16-5-4-12-8-15-9-17-12/h1-3,6,8-9H,4-5,7,14H2,(H,15,17)(H2,16,18,19). The molecule has 0 fully saturated rings. The number of urea groups is 1. The van der Waals surface area contributed by atoms with Gasteiger partial charge in [-0.25, -0.2) is 9.78 Å². The van der Waals surface area contributed by atoms with E-state index >= 15 is 0 Å². The Balaban J connectivity index is 1.77. The summed E-state index contributed by atoms with van der Waals surface area (Å²) in [5, 5.41) is 5.54. The van der Waals surface area contributed by atoms with Crippen molar-refractivity contribution in [2.75, 3.05) is 11.9 Å². The molecular formula is C13H17N5O. The number of imidazole rings is 1. The zero-order chi connectivity index (χ0) is 13.5. The van der Waals surface area contributed by atoms with Crippen molar-refractivity contribution in [1.82, 2.24) is 15.3 Å². The summed E-state index contributed by atoms with van der Waals surface area (Å²) in [6, 6.07) is 7.24. The van der Waals surface area contributed by atoms with Crippen LogP contribution in [0.3, 0.4) is 0 Å². The molecule has 0 aliphatic heterocycles. The van der Waals surface area contributed by atoms with Crippen LogP contribution in [-0.4, -0.2) is 22.5 Å². The summed E-state index contributed by atoms with van der Waals surface area (Å²) in [6.45, 7) is 1.00. The fraction of sp³-hybridized carbons (Fsp3) is 0.231. The van der Waals surface area contributed by atoms with Crippen LogP contribution in [0.1, 0.15) is 11.3 Å². The Bertz CT molecular complexity index is 524. The normalized spacial score (nSPS) is 10.2. The van der Waals surface area contributed by atoms with Crippen molar-refractivity contribution < 1.29 is 4.79 Å². The van der Waals surface area contributed by atoms with Gasteiger partial charge in [-0.05, 0) is 17.7 Å². The molecule has 6 heteroatoms. The van der Waals surface area contributed by atoms with Crippen molar-refractivity contribution in [1.29, 1.82) is 0 Å². The lowest BCUT2D eigenvalue weighted by Crippen LogP contribution is -2.30. The van der Waals surface area contributed by atoms with Gasteiger partial charge in [0.25, 0.3) is 0 Å². The Morgan fingerprint density at radius 3 is 3.05 bits per heavy atom. The van der Waals surface area contributed by atoms with Gasteiger partial charge in [0.2, 0.25) is 0 Å². The molecule has 0 radical (unpaired) electrons. The largest absolute Gasteiger partial charge is 0.348 e. The average molecular weight is 259 g/mol. The van der Waals surface area contributed by atoms with Gasteiger partial charge in [0.05, 0.1) is 6.33 Å². The first kappa shape index (κ1) is 13.1. The van der Waals surface area contributed by atoms with Gasteiger partial charge in [0, 0.05) is 37.1 Å². The summed E-state index contributed by atoms with van der Waals surface area (Å²) < 4.78 is 0. The quantitative estimate of drug-likeness (QED) is 0.650. The van der Waals surface area contributed by atoms with Gasteiger partial charge < -0.3 is 21.4 Å². The minimum absolute atomic E-state index is 0.228. The van der Waals surface area contributed by atoms with Crippen LogP contribution < -0.4 is 16.4 Å². The lowest BCUT2D eigenvalue weighted by molar-refractivity contribution is 0.252. The Morgan fingerprint density at radius 1 is 1.42 bits per heavy atom. The topological polar surface area (TPSA) is 95.8 Å². The van der Waals surface area contributed by atoms with E-state index in [1.54, 1.807) is 12.5 Å². The molecule has 0 saturated heterocycles. The van der Waals surface area contributed by atoms with E-state index in [4.69, 9.17) is 5.73 Å². The van der Waals surface area contributed by atoms with Crippen molar-refractivity contribution in [2.24, 2.45) is 5.73 Å². The van der Waals surface area contributed by atoms with E-state index < -0.39 is 0 Å². The van der Waals surface area contributed by atoms with E-state index in [1.807, 2.05) is 24.3 Å². The third-order valence-electron chi connectivity index (χ3n) is 2.66. The number of carbonyl (C=O) groups is 1.